The molecule has 0 amide bonds. The first-order valence-corrected chi connectivity index (χ1v) is 13.7. The van der Waals surface area contributed by atoms with Gasteiger partial charge in [-0.1, -0.05) is 12.1 Å². The minimum absolute atomic E-state index is 0.00554. The molecule has 3 rings (SSSR count). The van der Waals surface area contributed by atoms with E-state index in [1.54, 1.807) is 38.0 Å². The van der Waals surface area contributed by atoms with Gasteiger partial charge in [0.2, 0.25) is 0 Å². The third-order valence-corrected chi connectivity index (χ3v) is 7.35. The lowest BCUT2D eigenvalue weighted by Crippen LogP contribution is -2.67. The van der Waals surface area contributed by atoms with Crippen LogP contribution < -0.4 is 4.74 Å². The third kappa shape index (κ3) is 8.54. The van der Waals surface area contributed by atoms with Crippen molar-refractivity contribution in [2.24, 2.45) is 0 Å². The molecule has 1 aromatic rings. The smallest absolute Gasteiger partial charge is 0.187 e. The van der Waals surface area contributed by atoms with E-state index in [1.165, 1.54) is 0 Å². The highest BCUT2D eigenvalue weighted by Gasteiger charge is 2.51. The summed E-state index contributed by atoms with van der Waals surface area (Å²) < 4.78 is 27.7. The van der Waals surface area contributed by atoms with E-state index in [4.69, 9.17) is 23.7 Å². The zero-order valence-electron chi connectivity index (χ0n) is 23.5. The topological polar surface area (TPSA) is 211 Å². The number of rotatable bonds is 14. The van der Waals surface area contributed by atoms with Gasteiger partial charge in [-0.05, 0) is 38.0 Å². The summed E-state index contributed by atoms with van der Waals surface area (Å²) in [5.41, 5.74) is 1.08. The highest BCUT2D eigenvalue weighted by Crippen LogP contribution is 2.31. The second-order valence-corrected chi connectivity index (χ2v) is 10.7. The van der Waals surface area contributed by atoms with Gasteiger partial charge in [0.25, 0.3) is 0 Å². The second kappa shape index (κ2) is 15.8. The van der Waals surface area contributed by atoms with Crippen LogP contribution in [0.1, 0.15) is 19.4 Å². The molecule has 0 bridgehead atoms. The average molecular weight is 592 g/mol. The van der Waals surface area contributed by atoms with Gasteiger partial charge in [-0.2, -0.15) is 0 Å². The Balaban J connectivity index is 1.63. The molecule has 11 atom stereocenters. The summed E-state index contributed by atoms with van der Waals surface area (Å²) in [5, 5.41) is 82.5. The van der Waals surface area contributed by atoms with Crippen LogP contribution in [0.15, 0.2) is 24.3 Å². The summed E-state index contributed by atoms with van der Waals surface area (Å²) >= 11 is 0. The zero-order valence-corrected chi connectivity index (χ0v) is 23.5. The van der Waals surface area contributed by atoms with Crippen LogP contribution in [0.4, 0.5) is 0 Å². The Morgan fingerprint density at radius 1 is 0.854 bits per heavy atom. The Hall–Kier alpha value is -1.50. The van der Waals surface area contributed by atoms with E-state index in [0.717, 1.165) is 12.0 Å². The molecule has 2 aliphatic rings. The van der Waals surface area contributed by atoms with E-state index in [9.17, 15) is 40.9 Å². The molecular weight excluding hydrogens is 546 g/mol. The molecule has 1 aromatic carbocycles. The van der Waals surface area contributed by atoms with E-state index in [-0.39, 0.29) is 19.2 Å². The maximum Gasteiger partial charge on any atom is 0.187 e. The molecule has 2 saturated heterocycles. The molecule has 2 aliphatic heterocycles. The summed E-state index contributed by atoms with van der Waals surface area (Å²) in [6, 6.07) is 7.13. The van der Waals surface area contributed by atoms with Crippen LogP contribution >= 0.6 is 0 Å². The molecule has 2 heterocycles. The predicted octanol–water partition coefficient (Wildman–Crippen LogP) is -3.05. The molecule has 0 aromatic heterocycles. The highest BCUT2D eigenvalue weighted by molar-refractivity contribution is 5.27. The van der Waals surface area contributed by atoms with E-state index < -0.39 is 80.7 Å². The van der Waals surface area contributed by atoms with Crippen molar-refractivity contribution in [2.45, 2.75) is 93.8 Å². The molecule has 41 heavy (non-hydrogen) atoms. The number of hydrogen-bond donors (Lipinski definition) is 8. The van der Waals surface area contributed by atoms with Crippen LogP contribution in [0.5, 0.6) is 5.75 Å². The Bertz CT molecular complexity index is 888. The van der Waals surface area contributed by atoms with E-state index in [2.05, 4.69) is 0 Å². The first kappa shape index (κ1) is 34.0. The zero-order chi connectivity index (χ0) is 30.3. The molecular formula is C27H45NO13. The first-order chi connectivity index (χ1) is 19.5. The fraction of sp³-hybridized carbons (Fsp3) is 0.778. The van der Waals surface area contributed by atoms with E-state index >= 15 is 0 Å². The van der Waals surface area contributed by atoms with Crippen LogP contribution in [0.3, 0.4) is 0 Å². The standard InChI is InChI=1S/C27H45NO13/c1-14(2)28(10-16(31)13-38-17-6-4-15(5-7-17)8-9-37-3)26-23(35)22(34)25(19(12-30)39-26)41-27-24(36)21(33)20(32)18(11-29)40-27/h4-7,14,16,18-27,29-36H,8-13H2,1-3H3. The van der Waals surface area contributed by atoms with Crippen molar-refractivity contribution in [1.82, 2.24) is 4.90 Å². The van der Waals surface area contributed by atoms with Gasteiger partial charge in [0.1, 0.15) is 73.5 Å². The van der Waals surface area contributed by atoms with Gasteiger partial charge in [0.05, 0.1) is 19.8 Å². The van der Waals surface area contributed by atoms with Gasteiger partial charge in [0, 0.05) is 19.7 Å². The maximum absolute atomic E-state index is 11.0. The Morgan fingerprint density at radius 3 is 2.10 bits per heavy atom. The maximum atomic E-state index is 11.0. The molecule has 8 N–H and O–H groups in total. The number of nitrogens with zero attached hydrogens (tertiary/aromatic N) is 1. The van der Waals surface area contributed by atoms with Crippen molar-refractivity contribution in [2.75, 3.05) is 40.1 Å². The summed E-state index contributed by atoms with van der Waals surface area (Å²) in [7, 11) is 1.64. The molecule has 11 unspecified atom stereocenters. The highest BCUT2D eigenvalue weighted by atomic mass is 16.7. The molecule has 0 spiro atoms. The van der Waals surface area contributed by atoms with Crippen LogP contribution in [0.25, 0.3) is 0 Å². The van der Waals surface area contributed by atoms with Crippen molar-refractivity contribution >= 4 is 0 Å². The number of aliphatic hydroxyl groups excluding tert-OH is 8. The molecule has 236 valence electrons. The molecule has 0 radical (unpaired) electrons. The average Bonchev–Trinajstić information content (AvgIpc) is 2.96. The van der Waals surface area contributed by atoms with Crippen molar-refractivity contribution < 1.29 is 64.5 Å². The van der Waals surface area contributed by atoms with Gasteiger partial charge in [-0.25, -0.2) is 0 Å². The van der Waals surface area contributed by atoms with Crippen molar-refractivity contribution in [3.05, 3.63) is 29.8 Å². The number of methoxy groups -OCH3 is 1. The molecule has 0 aliphatic carbocycles. The van der Waals surface area contributed by atoms with E-state index in [1.807, 2.05) is 12.1 Å². The fourth-order valence-electron chi connectivity index (χ4n) is 4.91. The van der Waals surface area contributed by atoms with Crippen molar-refractivity contribution in [3.8, 4) is 5.75 Å². The van der Waals surface area contributed by atoms with Gasteiger partial charge >= 0.3 is 0 Å². The lowest BCUT2D eigenvalue weighted by atomic mass is 9.95. The molecule has 14 heteroatoms. The van der Waals surface area contributed by atoms with Crippen molar-refractivity contribution in [3.63, 3.8) is 0 Å². The van der Waals surface area contributed by atoms with Crippen LogP contribution in [0, 0.1) is 0 Å². The number of benzene rings is 1. The fourth-order valence-corrected chi connectivity index (χ4v) is 4.91. The summed E-state index contributed by atoms with van der Waals surface area (Å²) in [6.45, 7) is 2.81. The van der Waals surface area contributed by atoms with E-state index in [0.29, 0.717) is 12.4 Å². The Kier molecular flexibility index (Phi) is 13.1. The van der Waals surface area contributed by atoms with Gasteiger partial charge in [-0.15, -0.1) is 0 Å². The second-order valence-electron chi connectivity index (χ2n) is 10.7. The molecule has 0 saturated carbocycles. The summed E-state index contributed by atoms with van der Waals surface area (Å²) in [4.78, 5) is 1.61. The Morgan fingerprint density at radius 2 is 1.51 bits per heavy atom. The number of ether oxygens (including phenoxy) is 5. The monoisotopic (exact) mass is 591 g/mol. The van der Waals surface area contributed by atoms with Gasteiger partial charge < -0.3 is 64.5 Å². The van der Waals surface area contributed by atoms with Crippen LogP contribution in [-0.2, 0) is 25.4 Å². The largest absolute Gasteiger partial charge is 0.491 e. The summed E-state index contributed by atoms with van der Waals surface area (Å²) in [5.74, 6) is 0.569. The third-order valence-electron chi connectivity index (χ3n) is 7.35. The number of hydrogen-bond acceptors (Lipinski definition) is 14. The minimum Gasteiger partial charge on any atom is -0.491 e. The lowest BCUT2D eigenvalue weighted by Gasteiger charge is -2.49. The van der Waals surface area contributed by atoms with Crippen molar-refractivity contribution in [1.29, 1.82) is 0 Å². The normalized spacial score (nSPS) is 35.1. The Labute approximate surface area is 239 Å². The van der Waals surface area contributed by atoms with Gasteiger partial charge in [-0.3, -0.25) is 4.90 Å². The molecule has 14 nitrogen and oxygen atoms in total. The predicted molar refractivity (Wildman–Crippen MR) is 142 cm³/mol. The lowest BCUT2D eigenvalue weighted by molar-refractivity contribution is -0.350. The molecule has 2 fully saturated rings. The van der Waals surface area contributed by atoms with Crippen LogP contribution in [0.2, 0.25) is 0 Å². The minimum atomic E-state index is -1.75. The van der Waals surface area contributed by atoms with Gasteiger partial charge in [0.15, 0.2) is 6.29 Å². The first-order valence-electron chi connectivity index (χ1n) is 13.7. The quantitative estimate of drug-likeness (QED) is 0.108. The summed E-state index contributed by atoms with van der Waals surface area (Å²) in [6.07, 6.45) is -15.2. The van der Waals surface area contributed by atoms with Crippen LogP contribution in [-0.4, -0.2) is 159 Å². The SMILES string of the molecule is COCCc1ccc(OCC(O)CN(C(C)C)C2OC(CO)C(OC3OC(CO)C(O)C(O)C3O)C(O)C2O)cc1. The number of aliphatic hydroxyl groups is 8.